The van der Waals surface area contributed by atoms with Crippen LogP contribution >= 0.6 is 11.8 Å². The number of rotatable bonds is 13. The van der Waals surface area contributed by atoms with Crippen LogP contribution in [-0.4, -0.2) is 50.2 Å². The van der Waals surface area contributed by atoms with E-state index in [9.17, 15) is 13.5 Å². The van der Waals surface area contributed by atoms with E-state index in [1.807, 2.05) is 44.2 Å². The molecule has 0 aliphatic heterocycles. The smallest absolute Gasteiger partial charge is 0.243 e. The Bertz CT molecular complexity index is 1010. The summed E-state index contributed by atoms with van der Waals surface area (Å²) < 4.78 is 33.5. The van der Waals surface area contributed by atoms with Crippen LogP contribution in [0.15, 0.2) is 59.5 Å². The molecule has 2 atom stereocenters. The molecule has 0 saturated carbocycles. The van der Waals surface area contributed by atoms with Gasteiger partial charge in [-0.25, -0.2) is 13.3 Å². The molecular formula is C24H32ClN3O4S. The van der Waals surface area contributed by atoms with Gasteiger partial charge in [0.15, 0.2) is 0 Å². The normalized spacial score (nSPS) is 14.0. The van der Waals surface area contributed by atoms with Crippen LogP contribution < -0.4 is 9.57 Å². The van der Waals surface area contributed by atoms with Gasteiger partial charge in [0.2, 0.25) is 10.0 Å². The fourth-order valence-corrected chi connectivity index (χ4v) is 5.42. The standard InChI is InChI=1S/C24H32ClN3O4S/c1-24(2,14-7-15-26)18-28(33(30,31)21-12-10-20(32-3)11-13-21)17-23(29)22(27-25)16-19-8-5-4-6-9-19/h4-6,8-13,22-23,27,29H,7,14,16-18H2,1-3H3/t22-,23+/m0/s1. The number of benzene rings is 2. The van der Waals surface area contributed by atoms with Crippen molar-refractivity contribution in [2.24, 2.45) is 5.41 Å². The molecule has 0 heterocycles. The third-order valence-electron chi connectivity index (χ3n) is 5.51. The quantitative estimate of drug-likeness (QED) is 0.412. The topological polar surface area (TPSA) is 103 Å². The summed E-state index contributed by atoms with van der Waals surface area (Å²) in [7, 11) is -2.42. The van der Waals surface area contributed by atoms with Crippen LogP contribution in [0, 0.1) is 16.7 Å². The Kier molecular flexibility index (Phi) is 10.1. The first-order chi connectivity index (χ1) is 15.6. The van der Waals surface area contributed by atoms with E-state index in [1.54, 1.807) is 12.1 Å². The molecule has 0 saturated heterocycles. The molecule has 7 nitrogen and oxygen atoms in total. The van der Waals surface area contributed by atoms with Gasteiger partial charge in [0.25, 0.3) is 0 Å². The van der Waals surface area contributed by atoms with Crippen molar-refractivity contribution in [2.75, 3.05) is 20.2 Å². The van der Waals surface area contributed by atoms with Gasteiger partial charge in [0.1, 0.15) is 5.75 Å². The molecule has 0 spiro atoms. The second-order valence-corrected chi connectivity index (χ2v) is 10.9. The molecule has 9 heteroatoms. The molecule has 0 amide bonds. The van der Waals surface area contributed by atoms with Gasteiger partial charge in [-0.05, 0) is 59.9 Å². The summed E-state index contributed by atoms with van der Waals surface area (Å²) in [6.45, 7) is 3.81. The van der Waals surface area contributed by atoms with Crippen molar-refractivity contribution in [3.63, 3.8) is 0 Å². The predicted molar refractivity (Wildman–Crippen MR) is 129 cm³/mol. The zero-order valence-corrected chi connectivity index (χ0v) is 20.8. The third-order valence-corrected chi connectivity index (χ3v) is 7.62. The van der Waals surface area contributed by atoms with E-state index in [1.165, 1.54) is 23.5 Å². The molecule has 0 radical (unpaired) electrons. The van der Waals surface area contributed by atoms with Crippen molar-refractivity contribution in [2.45, 2.75) is 50.2 Å². The average Bonchev–Trinajstić information content (AvgIpc) is 2.81. The molecule has 2 aromatic rings. The van der Waals surface area contributed by atoms with Crippen LogP contribution in [0.1, 0.15) is 32.3 Å². The zero-order chi connectivity index (χ0) is 24.5. The van der Waals surface area contributed by atoms with E-state index in [0.29, 0.717) is 25.0 Å². The number of aliphatic hydroxyl groups excluding tert-OH is 1. The third kappa shape index (κ3) is 7.98. The maximum absolute atomic E-state index is 13.5. The van der Waals surface area contributed by atoms with E-state index < -0.39 is 27.6 Å². The molecular weight excluding hydrogens is 462 g/mol. The van der Waals surface area contributed by atoms with Crippen LogP contribution in [0.5, 0.6) is 5.75 Å². The van der Waals surface area contributed by atoms with Gasteiger partial charge >= 0.3 is 0 Å². The van der Waals surface area contributed by atoms with Crippen LogP contribution in [0.3, 0.4) is 0 Å². The van der Waals surface area contributed by atoms with Crippen molar-refractivity contribution in [1.29, 1.82) is 5.26 Å². The van der Waals surface area contributed by atoms with Gasteiger partial charge in [-0.1, -0.05) is 44.2 Å². The Hall–Kier alpha value is -2.15. The number of nitrogens with one attached hydrogen (secondary N) is 1. The first-order valence-corrected chi connectivity index (χ1v) is 12.5. The highest BCUT2D eigenvalue weighted by atomic mass is 35.5. The Balaban J connectivity index is 2.31. The fraction of sp³-hybridized carbons (Fsp3) is 0.458. The van der Waals surface area contributed by atoms with Crippen LogP contribution in [-0.2, 0) is 16.4 Å². The minimum absolute atomic E-state index is 0.102. The summed E-state index contributed by atoms with van der Waals surface area (Å²) in [5, 5.41) is 20.0. The lowest BCUT2D eigenvalue weighted by atomic mass is 9.88. The maximum Gasteiger partial charge on any atom is 0.243 e. The van der Waals surface area contributed by atoms with E-state index in [2.05, 4.69) is 10.9 Å². The lowest BCUT2D eigenvalue weighted by Crippen LogP contribution is -2.49. The van der Waals surface area contributed by atoms with Crippen molar-refractivity contribution >= 4 is 21.8 Å². The Morgan fingerprint density at radius 2 is 1.82 bits per heavy atom. The number of hydrogen-bond donors (Lipinski definition) is 2. The second kappa shape index (κ2) is 12.4. The first-order valence-electron chi connectivity index (χ1n) is 10.7. The highest BCUT2D eigenvalue weighted by molar-refractivity contribution is 7.89. The first kappa shape index (κ1) is 27.1. The van der Waals surface area contributed by atoms with Gasteiger partial charge in [0.05, 0.1) is 30.2 Å². The van der Waals surface area contributed by atoms with Gasteiger partial charge in [0, 0.05) is 19.5 Å². The van der Waals surface area contributed by atoms with Crippen molar-refractivity contribution in [3.8, 4) is 11.8 Å². The fourth-order valence-electron chi connectivity index (χ4n) is 3.55. The number of nitrogens with zero attached hydrogens (tertiary/aromatic N) is 2. The van der Waals surface area contributed by atoms with Gasteiger partial charge < -0.3 is 9.84 Å². The monoisotopic (exact) mass is 493 g/mol. The minimum atomic E-state index is -3.93. The molecule has 180 valence electrons. The molecule has 2 N–H and O–H groups in total. The molecule has 0 fully saturated rings. The van der Waals surface area contributed by atoms with E-state index in [-0.39, 0.29) is 18.0 Å². The lowest BCUT2D eigenvalue weighted by Gasteiger charge is -2.34. The highest BCUT2D eigenvalue weighted by Gasteiger charge is 2.34. The molecule has 0 aliphatic rings. The lowest BCUT2D eigenvalue weighted by molar-refractivity contribution is 0.101. The van der Waals surface area contributed by atoms with Crippen molar-refractivity contribution < 1.29 is 18.3 Å². The Morgan fingerprint density at radius 1 is 1.18 bits per heavy atom. The summed E-state index contributed by atoms with van der Waals surface area (Å²) in [5.41, 5.74) is 0.492. The summed E-state index contributed by atoms with van der Waals surface area (Å²) in [4.78, 5) is 2.70. The molecule has 0 aromatic heterocycles. The van der Waals surface area contributed by atoms with Crippen LogP contribution in [0.4, 0.5) is 0 Å². The number of aliphatic hydroxyl groups is 1. The molecule has 0 aliphatic carbocycles. The number of halogens is 1. The Morgan fingerprint density at radius 3 is 2.36 bits per heavy atom. The summed E-state index contributed by atoms with van der Waals surface area (Å²) in [6, 6.07) is 17.2. The van der Waals surface area contributed by atoms with Crippen molar-refractivity contribution in [3.05, 3.63) is 60.2 Å². The summed E-state index contributed by atoms with van der Waals surface area (Å²) >= 11 is 5.93. The molecule has 0 unspecified atom stereocenters. The maximum atomic E-state index is 13.5. The second-order valence-electron chi connectivity index (χ2n) is 8.77. The highest BCUT2D eigenvalue weighted by Crippen LogP contribution is 2.28. The molecule has 0 bridgehead atoms. The number of nitriles is 1. The van der Waals surface area contributed by atoms with Gasteiger partial charge in [-0.3, -0.25) is 0 Å². The van der Waals surface area contributed by atoms with E-state index >= 15 is 0 Å². The molecule has 2 rings (SSSR count). The average molecular weight is 494 g/mol. The largest absolute Gasteiger partial charge is 0.497 e. The van der Waals surface area contributed by atoms with E-state index in [4.69, 9.17) is 21.8 Å². The number of hydrogen-bond acceptors (Lipinski definition) is 6. The summed E-state index contributed by atoms with van der Waals surface area (Å²) in [6.07, 6.45) is 0.198. The minimum Gasteiger partial charge on any atom is -0.497 e. The molecule has 33 heavy (non-hydrogen) atoms. The number of methoxy groups -OCH3 is 1. The summed E-state index contributed by atoms with van der Waals surface area (Å²) in [5.74, 6) is 0.546. The Labute approximate surface area is 202 Å². The van der Waals surface area contributed by atoms with Gasteiger partial charge in [-0.2, -0.15) is 9.57 Å². The number of ether oxygens (including phenoxy) is 1. The predicted octanol–water partition coefficient (Wildman–Crippen LogP) is 3.73. The number of sulfonamides is 1. The van der Waals surface area contributed by atoms with Gasteiger partial charge in [-0.15, -0.1) is 0 Å². The molecule has 2 aromatic carbocycles. The van der Waals surface area contributed by atoms with Crippen LogP contribution in [0.25, 0.3) is 0 Å². The van der Waals surface area contributed by atoms with Crippen LogP contribution in [0.2, 0.25) is 0 Å². The van der Waals surface area contributed by atoms with Crippen molar-refractivity contribution in [1.82, 2.24) is 9.14 Å². The van der Waals surface area contributed by atoms with E-state index in [0.717, 1.165) is 5.56 Å². The SMILES string of the molecule is COc1ccc(S(=O)(=O)N(C[C@@H](O)[C@H](Cc2ccccc2)NCl)CC(C)(C)CCC#N)cc1. The zero-order valence-electron chi connectivity index (χ0n) is 19.2.